The highest BCUT2D eigenvalue weighted by molar-refractivity contribution is 5.54. The zero-order valence-electron chi connectivity index (χ0n) is 5.37. The van der Waals surface area contributed by atoms with Gasteiger partial charge in [0.15, 0.2) is 5.75 Å². The van der Waals surface area contributed by atoms with Gasteiger partial charge in [0, 0.05) is 6.54 Å². The highest BCUT2D eigenvalue weighted by atomic mass is 16.5. The Kier molecular flexibility index (Phi) is 1.16. The number of aromatic nitrogens is 2. The number of ether oxygens (including phenoxy) is 1. The van der Waals surface area contributed by atoms with Crippen LogP contribution in [0.2, 0.25) is 0 Å². The van der Waals surface area contributed by atoms with E-state index in [0.717, 1.165) is 18.0 Å². The predicted octanol–water partition coefficient (Wildman–Crippen LogP) is 0.281. The first kappa shape index (κ1) is 5.46. The van der Waals surface area contributed by atoms with Crippen molar-refractivity contribution in [1.29, 1.82) is 0 Å². The fraction of sp³-hybridized carbons (Fsp3) is 0.333. The average Bonchev–Trinajstić information content (AvgIpc) is 2.05. The smallest absolute Gasteiger partial charge is 0.164 e. The zero-order chi connectivity index (χ0) is 6.81. The second-order valence-corrected chi connectivity index (χ2v) is 2.04. The van der Waals surface area contributed by atoms with Gasteiger partial charge >= 0.3 is 0 Å². The number of hydrogen-bond donors (Lipinski definition) is 1. The fourth-order valence-electron chi connectivity index (χ4n) is 0.904. The molecule has 10 heavy (non-hydrogen) atoms. The van der Waals surface area contributed by atoms with Gasteiger partial charge in [0.25, 0.3) is 0 Å². The van der Waals surface area contributed by atoms with E-state index < -0.39 is 0 Å². The van der Waals surface area contributed by atoms with Crippen molar-refractivity contribution in [2.45, 2.75) is 0 Å². The Morgan fingerprint density at radius 3 is 3.20 bits per heavy atom. The number of fused-ring (bicyclic) bond motifs is 1. The Morgan fingerprint density at radius 2 is 2.30 bits per heavy atom. The summed E-state index contributed by atoms with van der Waals surface area (Å²) in [7, 11) is 0. The Labute approximate surface area is 58.2 Å². The zero-order valence-corrected chi connectivity index (χ0v) is 5.37. The molecule has 1 aromatic rings. The summed E-state index contributed by atoms with van der Waals surface area (Å²) in [6.07, 6.45) is 3.27. The first-order valence-corrected chi connectivity index (χ1v) is 3.14. The van der Waals surface area contributed by atoms with E-state index in [0.29, 0.717) is 6.61 Å². The molecule has 0 saturated heterocycles. The second kappa shape index (κ2) is 2.13. The van der Waals surface area contributed by atoms with E-state index in [4.69, 9.17) is 4.74 Å². The van der Waals surface area contributed by atoms with Crippen LogP contribution in [0, 0.1) is 0 Å². The number of nitrogens with zero attached hydrogens (tertiary/aromatic N) is 2. The monoisotopic (exact) mass is 137 g/mol. The van der Waals surface area contributed by atoms with Gasteiger partial charge in [-0.2, -0.15) is 10.2 Å². The first-order chi connectivity index (χ1) is 4.97. The SMILES string of the molecule is c1nncc2c1NCCO2. The lowest BCUT2D eigenvalue weighted by molar-refractivity contribution is 0.321. The molecule has 0 atom stereocenters. The Hall–Kier alpha value is -1.32. The maximum Gasteiger partial charge on any atom is 0.164 e. The molecule has 4 nitrogen and oxygen atoms in total. The van der Waals surface area contributed by atoms with Gasteiger partial charge in [0.05, 0.1) is 18.1 Å². The van der Waals surface area contributed by atoms with E-state index in [1.807, 2.05) is 0 Å². The molecule has 0 spiro atoms. The molecule has 4 heteroatoms. The number of anilines is 1. The predicted molar refractivity (Wildman–Crippen MR) is 36.0 cm³/mol. The lowest BCUT2D eigenvalue weighted by Gasteiger charge is -2.16. The van der Waals surface area contributed by atoms with Gasteiger partial charge in [-0.15, -0.1) is 0 Å². The molecule has 1 aromatic heterocycles. The third-order valence-corrected chi connectivity index (χ3v) is 1.37. The lowest BCUT2D eigenvalue weighted by Crippen LogP contribution is -2.18. The Morgan fingerprint density at radius 1 is 1.40 bits per heavy atom. The van der Waals surface area contributed by atoms with Crippen LogP contribution in [0.5, 0.6) is 5.75 Å². The Bertz CT molecular complexity index is 213. The van der Waals surface area contributed by atoms with Crippen LogP contribution in [0.15, 0.2) is 12.4 Å². The molecule has 0 fully saturated rings. The van der Waals surface area contributed by atoms with E-state index >= 15 is 0 Å². The van der Waals surface area contributed by atoms with Crippen LogP contribution in [-0.4, -0.2) is 23.3 Å². The third-order valence-electron chi connectivity index (χ3n) is 1.37. The fourth-order valence-corrected chi connectivity index (χ4v) is 0.904. The quantitative estimate of drug-likeness (QED) is 0.558. The molecule has 52 valence electrons. The maximum absolute atomic E-state index is 5.26. The lowest BCUT2D eigenvalue weighted by atomic mass is 10.4. The maximum atomic E-state index is 5.26. The summed E-state index contributed by atoms with van der Waals surface area (Å²) in [6.45, 7) is 1.55. The van der Waals surface area contributed by atoms with E-state index in [-0.39, 0.29) is 0 Å². The van der Waals surface area contributed by atoms with Crippen molar-refractivity contribution in [3.05, 3.63) is 12.4 Å². The number of rotatable bonds is 0. The van der Waals surface area contributed by atoms with Crippen molar-refractivity contribution in [1.82, 2.24) is 10.2 Å². The van der Waals surface area contributed by atoms with E-state index in [1.165, 1.54) is 0 Å². The van der Waals surface area contributed by atoms with E-state index in [1.54, 1.807) is 12.4 Å². The normalized spacial score (nSPS) is 14.8. The molecule has 0 aliphatic carbocycles. The summed E-state index contributed by atoms with van der Waals surface area (Å²) in [6, 6.07) is 0. The Balaban J connectivity index is 2.41. The van der Waals surface area contributed by atoms with Crippen LogP contribution >= 0.6 is 0 Å². The standard InChI is InChI=1S/C6H7N3O/c1-2-10-6-4-9-8-3-5(6)7-1/h3-4,7H,1-2H2. The minimum absolute atomic E-state index is 0.707. The molecule has 1 N–H and O–H groups in total. The van der Waals surface area contributed by atoms with E-state index in [9.17, 15) is 0 Å². The summed E-state index contributed by atoms with van der Waals surface area (Å²) in [5.41, 5.74) is 0.932. The third kappa shape index (κ3) is 0.775. The van der Waals surface area contributed by atoms with Crippen LogP contribution in [-0.2, 0) is 0 Å². The van der Waals surface area contributed by atoms with Gasteiger partial charge in [-0.05, 0) is 0 Å². The van der Waals surface area contributed by atoms with Gasteiger partial charge < -0.3 is 10.1 Å². The molecular weight excluding hydrogens is 130 g/mol. The second-order valence-electron chi connectivity index (χ2n) is 2.04. The molecule has 0 bridgehead atoms. The van der Waals surface area contributed by atoms with Crippen LogP contribution < -0.4 is 10.1 Å². The first-order valence-electron chi connectivity index (χ1n) is 3.14. The summed E-state index contributed by atoms with van der Waals surface area (Å²) in [5, 5.41) is 10.5. The van der Waals surface area contributed by atoms with Crippen molar-refractivity contribution in [3.63, 3.8) is 0 Å². The van der Waals surface area contributed by atoms with Crippen molar-refractivity contribution in [2.24, 2.45) is 0 Å². The summed E-state index contributed by atoms with van der Waals surface area (Å²) >= 11 is 0. The molecule has 0 unspecified atom stereocenters. The van der Waals surface area contributed by atoms with E-state index in [2.05, 4.69) is 15.5 Å². The summed E-state index contributed by atoms with van der Waals surface area (Å²) in [4.78, 5) is 0. The van der Waals surface area contributed by atoms with Gasteiger partial charge in [-0.1, -0.05) is 0 Å². The van der Waals surface area contributed by atoms with Crippen molar-refractivity contribution in [3.8, 4) is 5.75 Å². The number of hydrogen-bond acceptors (Lipinski definition) is 4. The molecule has 1 aliphatic heterocycles. The molecule has 0 saturated carbocycles. The minimum atomic E-state index is 0.707. The molecule has 1 aliphatic rings. The van der Waals surface area contributed by atoms with Crippen molar-refractivity contribution < 1.29 is 4.74 Å². The highest BCUT2D eigenvalue weighted by Gasteiger charge is 2.07. The largest absolute Gasteiger partial charge is 0.488 e. The minimum Gasteiger partial charge on any atom is -0.488 e. The highest BCUT2D eigenvalue weighted by Crippen LogP contribution is 2.23. The van der Waals surface area contributed by atoms with Crippen molar-refractivity contribution in [2.75, 3.05) is 18.5 Å². The van der Waals surface area contributed by atoms with Crippen LogP contribution in [0.25, 0.3) is 0 Å². The topological polar surface area (TPSA) is 47.0 Å². The summed E-state index contributed by atoms with van der Waals surface area (Å²) in [5.74, 6) is 0.793. The summed E-state index contributed by atoms with van der Waals surface area (Å²) < 4.78 is 5.26. The molecule has 0 amide bonds. The molecule has 0 aromatic carbocycles. The molecule has 0 radical (unpaired) electrons. The van der Waals surface area contributed by atoms with Crippen LogP contribution in [0.4, 0.5) is 5.69 Å². The van der Waals surface area contributed by atoms with Gasteiger partial charge in [0.1, 0.15) is 6.61 Å². The average molecular weight is 137 g/mol. The van der Waals surface area contributed by atoms with Crippen molar-refractivity contribution >= 4 is 5.69 Å². The van der Waals surface area contributed by atoms with Gasteiger partial charge in [-0.25, -0.2) is 0 Å². The van der Waals surface area contributed by atoms with Gasteiger partial charge in [-0.3, -0.25) is 0 Å². The number of nitrogens with one attached hydrogen (secondary N) is 1. The molecule has 2 heterocycles. The van der Waals surface area contributed by atoms with Gasteiger partial charge in [0.2, 0.25) is 0 Å². The molecular formula is C6H7N3O. The molecule has 2 rings (SSSR count). The van der Waals surface area contributed by atoms with Crippen LogP contribution in [0.3, 0.4) is 0 Å². The van der Waals surface area contributed by atoms with Crippen LogP contribution in [0.1, 0.15) is 0 Å².